The van der Waals surface area contributed by atoms with Crippen LogP contribution in [0, 0.1) is 5.41 Å². The molecule has 2 aliphatic rings. The minimum Gasteiger partial charge on any atom is -0.304 e. The van der Waals surface area contributed by atoms with Crippen LogP contribution in [0.3, 0.4) is 0 Å². The van der Waals surface area contributed by atoms with E-state index in [0.29, 0.717) is 12.1 Å². The van der Waals surface area contributed by atoms with Gasteiger partial charge >= 0.3 is 0 Å². The second kappa shape index (κ2) is 6.71. The first kappa shape index (κ1) is 15.5. The topological polar surface area (TPSA) is 23.9 Å². The van der Waals surface area contributed by atoms with E-state index >= 15 is 0 Å². The summed E-state index contributed by atoms with van der Waals surface area (Å²) in [5.74, 6) is 0. The number of rotatable bonds is 5. The Balaban J connectivity index is 1.98. The van der Waals surface area contributed by atoms with Crippen molar-refractivity contribution < 1.29 is 0 Å². The third-order valence-electron chi connectivity index (χ3n) is 4.31. The van der Waals surface area contributed by atoms with Gasteiger partial charge in [-0.25, -0.2) is 0 Å². The Morgan fingerprint density at radius 2 is 1.43 bits per heavy atom. The summed E-state index contributed by atoms with van der Waals surface area (Å²) >= 11 is 0. The van der Waals surface area contributed by atoms with E-state index in [1.165, 1.54) is 22.3 Å². The number of hydrogen-bond acceptors (Lipinski definition) is 1. The van der Waals surface area contributed by atoms with Crippen molar-refractivity contribution in [3.8, 4) is 0 Å². The van der Waals surface area contributed by atoms with E-state index in [9.17, 15) is 0 Å². The van der Waals surface area contributed by atoms with Crippen LogP contribution in [0.4, 0.5) is 0 Å². The summed E-state index contributed by atoms with van der Waals surface area (Å²) in [7, 11) is 0. The zero-order valence-corrected chi connectivity index (χ0v) is 13.3. The normalized spacial score (nSPS) is 18.2. The molecule has 0 saturated carbocycles. The van der Waals surface area contributed by atoms with Crippen molar-refractivity contribution in [1.29, 1.82) is 5.41 Å². The van der Waals surface area contributed by atoms with Crippen molar-refractivity contribution in [1.82, 2.24) is 0 Å². The van der Waals surface area contributed by atoms with Gasteiger partial charge < -0.3 is 5.41 Å². The second-order valence-corrected chi connectivity index (χ2v) is 6.15. The molecule has 2 rings (SSSR count). The minimum atomic E-state index is 0.603. The fourth-order valence-electron chi connectivity index (χ4n) is 2.66. The van der Waals surface area contributed by atoms with Gasteiger partial charge in [-0.2, -0.15) is 0 Å². The molecule has 0 aromatic heterocycles. The van der Waals surface area contributed by atoms with Gasteiger partial charge in [0.05, 0.1) is 0 Å². The van der Waals surface area contributed by atoms with Crippen LogP contribution in [0.1, 0.15) is 46.0 Å². The van der Waals surface area contributed by atoms with Gasteiger partial charge in [-0.3, -0.25) is 0 Å². The maximum Gasteiger partial charge on any atom is 0.0426 e. The molecule has 0 spiro atoms. The molecule has 0 atom stereocenters. The molecule has 0 heterocycles. The largest absolute Gasteiger partial charge is 0.304 e. The van der Waals surface area contributed by atoms with E-state index in [-0.39, 0.29) is 0 Å². The van der Waals surface area contributed by atoms with Crippen LogP contribution < -0.4 is 0 Å². The van der Waals surface area contributed by atoms with Gasteiger partial charge in [0.25, 0.3) is 0 Å². The molecule has 0 aromatic rings. The molecule has 0 aliphatic heterocycles. The molecular formula is C20H25N. The average Bonchev–Trinajstić information content (AvgIpc) is 2.47. The Morgan fingerprint density at radius 3 is 1.90 bits per heavy atom. The fraction of sp³-hybridized carbons (Fsp3) is 0.350. The van der Waals surface area contributed by atoms with Gasteiger partial charge in [0.1, 0.15) is 0 Å². The van der Waals surface area contributed by atoms with Gasteiger partial charge in [-0.1, -0.05) is 48.6 Å². The van der Waals surface area contributed by atoms with Gasteiger partial charge in [-0.15, -0.1) is 0 Å². The second-order valence-electron chi connectivity index (χ2n) is 6.15. The maximum absolute atomic E-state index is 8.31. The highest BCUT2D eigenvalue weighted by atomic mass is 14.4. The average molecular weight is 279 g/mol. The first-order valence-electron chi connectivity index (χ1n) is 7.65. The zero-order valence-electron chi connectivity index (χ0n) is 13.3. The molecule has 1 nitrogen and oxygen atoms in total. The molecule has 1 heteroatoms. The summed E-state index contributed by atoms with van der Waals surface area (Å²) in [5, 5.41) is 8.31. The van der Waals surface area contributed by atoms with Crippen LogP contribution in [0.15, 0.2) is 70.9 Å². The van der Waals surface area contributed by atoms with E-state index in [1.807, 2.05) is 0 Å². The van der Waals surface area contributed by atoms with Crippen LogP contribution in [0.5, 0.6) is 0 Å². The van der Waals surface area contributed by atoms with Crippen molar-refractivity contribution in [3.63, 3.8) is 0 Å². The van der Waals surface area contributed by atoms with Crippen LogP contribution in [-0.2, 0) is 0 Å². The maximum atomic E-state index is 8.31. The van der Waals surface area contributed by atoms with Crippen molar-refractivity contribution in [3.05, 3.63) is 70.9 Å². The monoisotopic (exact) mass is 279 g/mol. The van der Waals surface area contributed by atoms with E-state index in [0.717, 1.165) is 36.8 Å². The SMILES string of the molecule is C=C(CC(=N)C(=C)C1=CC=C(C)CC1)C1=CC=C(C)CC1. The van der Waals surface area contributed by atoms with Crippen LogP contribution in [0.25, 0.3) is 0 Å². The van der Waals surface area contributed by atoms with E-state index in [4.69, 9.17) is 5.41 Å². The Morgan fingerprint density at radius 1 is 0.905 bits per heavy atom. The number of nitrogens with one attached hydrogen (secondary N) is 1. The summed E-state index contributed by atoms with van der Waals surface area (Å²) in [6.07, 6.45) is 13.4. The van der Waals surface area contributed by atoms with Crippen molar-refractivity contribution in [2.75, 3.05) is 0 Å². The molecular weight excluding hydrogens is 254 g/mol. The molecule has 0 saturated heterocycles. The highest BCUT2D eigenvalue weighted by molar-refractivity contribution is 6.02. The van der Waals surface area contributed by atoms with Crippen molar-refractivity contribution >= 4 is 5.71 Å². The van der Waals surface area contributed by atoms with Crippen LogP contribution >= 0.6 is 0 Å². The first-order valence-corrected chi connectivity index (χ1v) is 7.65. The van der Waals surface area contributed by atoms with Gasteiger partial charge in [0, 0.05) is 12.1 Å². The first-order chi connectivity index (χ1) is 9.97. The summed E-state index contributed by atoms with van der Waals surface area (Å²) in [6.45, 7) is 12.6. The zero-order chi connectivity index (χ0) is 15.4. The number of hydrogen-bond donors (Lipinski definition) is 1. The predicted octanol–water partition coefficient (Wildman–Crippen LogP) is 5.84. The van der Waals surface area contributed by atoms with Crippen LogP contribution in [0.2, 0.25) is 0 Å². The molecule has 0 aromatic carbocycles. The summed E-state index contributed by atoms with van der Waals surface area (Å²) in [4.78, 5) is 0. The molecule has 2 aliphatic carbocycles. The lowest BCUT2D eigenvalue weighted by atomic mass is 9.87. The Hall–Kier alpha value is -1.89. The highest BCUT2D eigenvalue weighted by Gasteiger charge is 2.14. The molecule has 1 N–H and O–H groups in total. The molecule has 0 fully saturated rings. The minimum absolute atomic E-state index is 0.603. The molecule has 110 valence electrons. The van der Waals surface area contributed by atoms with E-state index in [1.54, 1.807) is 0 Å². The lowest BCUT2D eigenvalue weighted by Gasteiger charge is -2.18. The van der Waals surface area contributed by atoms with Crippen LogP contribution in [-0.4, -0.2) is 5.71 Å². The quantitative estimate of drug-likeness (QED) is 0.611. The van der Waals surface area contributed by atoms with Gasteiger partial charge in [-0.05, 0) is 61.8 Å². The third kappa shape index (κ3) is 4.04. The Labute approximate surface area is 128 Å². The molecule has 0 bridgehead atoms. The van der Waals surface area contributed by atoms with E-state index in [2.05, 4.69) is 51.3 Å². The summed E-state index contributed by atoms with van der Waals surface area (Å²) in [5.41, 5.74) is 7.85. The number of allylic oxidation sites excluding steroid dienone is 10. The lowest BCUT2D eigenvalue weighted by molar-refractivity contribution is 0.904. The Kier molecular flexibility index (Phi) is 4.95. The third-order valence-corrected chi connectivity index (χ3v) is 4.31. The molecule has 21 heavy (non-hydrogen) atoms. The molecule has 0 amide bonds. The summed E-state index contributed by atoms with van der Waals surface area (Å²) in [6, 6.07) is 0. The standard InChI is InChI=1S/C20H25N/c1-14-5-9-18(10-6-14)16(3)13-20(21)17(4)19-11-7-15(2)8-12-19/h5,7,9,11,21H,3-4,6,8,10,12-13H2,1-2H3. The summed E-state index contributed by atoms with van der Waals surface area (Å²) < 4.78 is 0. The van der Waals surface area contributed by atoms with Gasteiger partial charge in [0.2, 0.25) is 0 Å². The van der Waals surface area contributed by atoms with E-state index < -0.39 is 0 Å². The van der Waals surface area contributed by atoms with Crippen molar-refractivity contribution in [2.45, 2.75) is 46.0 Å². The smallest absolute Gasteiger partial charge is 0.0426 e. The molecule has 0 unspecified atom stereocenters. The highest BCUT2D eigenvalue weighted by Crippen LogP contribution is 2.28. The lowest BCUT2D eigenvalue weighted by Crippen LogP contribution is -2.07. The Bertz CT molecular complexity index is 606. The van der Waals surface area contributed by atoms with Crippen molar-refractivity contribution in [2.24, 2.45) is 0 Å². The fourth-order valence-corrected chi connectivity index (χ4v) is 2.66. The van der Waals surface area contributed by atoms with Gasteiger partial charge in [0.15, 0.2) is 0 Å². The molecule has 0 radical (unpaired) electrons. The predicted molar refractivity (Wildman–Crippen MR) is 92.8 cm³/mol.